The van der Waals surface area contributed by atoms with E-state index in [1.807, 2.05) is 72.8 Å². The van der Waals surface area contributed by atoms with Gasteiger partial charge in [0.25, 0.3) is 0 Å². The van der Waals surface area contributed by atoms with Gasteiger partial charge in [-0.25, -0.2) is 0 Å². The van der Waals surface area contributed by atoms with Gasteiger partial charge in [-0.2, -0.15) is 0 Å². The Balaban J connectivity index is 1.16. The molecular formula is C48H64O14. The summed E-state index contributed by atoms with van der Waals surface area (Å²) in [4.78, 5) is 0. The van der Waals surface area contributed by atoms with Gasteiger partial charge in [0.2, 0.25) is 0 Å². The van der Waals surface area contributed by atoms with Gasteiger partial charge in [0.1, 0.15) is 23.0 Å². The molecule has 0 saturated heterocycles. The van der Waals surface area contributed by atoms with Crippen LogP contribution in [0.2, 0.25) is 0 Å². The lowest BCUT2D eigenvalue weighted by atomic mass is 9.94. The van der Waals surface area contributed by atoms with E-state index < -0.39 is 0 Å². The maximum atomic E-state index is 6.08. The summed E-state index contributed by atoms with van der Waals surface area (Å²) in [6.07, 6.45) is 0. The van der Waals surface area contributed by atoms with Crippen LogP contribution in [0.1, 0.15) is 22.3 Å². The average Bonchev–Trinajstić information content (AvgIpc) is 3.30. The summed E-state index contributed by atoms with van der Waals surface area (Å²) >= 11 is 0. The Hall–Kier alpha value is -4.32. The van der Waals surface area contributed by atoms with E-state index >= 15 is 0 Å². The van der Waals surface area contributed by atoms with Crippen LogP contribution < -0.4 is 18.9 Å². The molecule has 14 nitrogen and oxygen atoms in total. The predicted octanol–water partition coefficient (Wildman–Crippen LogP) is 6.93. The third kappa shape index (κ3) is 15.5. The quantitative estimate of drug-likeness (QED) is 0.210. The Morgan fingerprint density at radius 1 is 0.258 bits per heavy atom. The lowest BCUT2D eigenvalue weighted by Crippen LogP contribution is -2.13. The first-order chi connectivity index (χ1) is 30.7. The monoisotopic (exact) mass is 864 g/mol. The van der Waals surface area contributed by atoms with E-state index in [0.29, 0.717) is 155 Å². The Labute approximate surface area is 366 Å². The Morgan fingerprint density at radius 2 is 0.435 bits per heavy atom. The van der Waals surface area contributed by atoms with Crippen LogP contribution in [0.3, 0.4) is 0 Å². The van der Waals surface area contributed by atoms with Crippen molar-refractivity contribution in [3.8, 4) is 45.3 Å². The number of fused-ring (bicyclic) bond motifs is 6. The molecule has 1 aliphatic rings. The minimum Gasteiger partial charge on any atom is -0.496 e. The molecule has 0 atom stereocenters. The van der Waals surface area contributed by atoms with Gasteiger partial charge >= 0.3 is 0 Å². The fourth-order valence-electron chi connectivity index (χ4n) is 6.89. The van der Waals surface area contributed by atoms with Crippen molar-refractivity contribution in [1.29, 1.82) is 0 Å². The smallest absolute Gasteiger partial charge is 0.127 e. The van der Waals surface area contributed by atoms with E-state index in [-0.39, 0.29) is 0 Å². The number of benzene rings is 4. The number of rotatable bonds is 4. The standard InChI is InChI=1S/C48H64O14/c1-49-41-13-5-9-37-33-59-29-25-55-21-17-53-19-23-57-27-31-61-35-39-11-7-15-43(51-3)47(39)48-40(12-8-16-44(48)52-4)36-62-32-28-58-24-20-54-18-22-56-26-30-60-34-38-10-6-14-42(50-2)46(38)45(37)41/h5-16H,17-36H2,1-4H3. The van der Waals surface area contributed by atoms with Crippen molar-refractivity contribution in [2.75, 3.05) is 134 Å². The lowest BCUT2D eigenvalue weighted by Gasteiger charge is -2.20. The molecule has 1 aliphatic heterocycles. The van der Waals surface area contributed by atoms with Crippen molar-refractivity contribution in [1.82, 2.24) is 0 Å². The third-order valence-electron chi connectivity index (χ3n) is 9.84. The molecule has 0 N–H and O–H groups in total. The largest absolute Gasteiger partial charge is 0.496 e. The lowest BCUT2D eigenvalue weighted by molar-refractivity contribution is -0.0139. The van der Waals surface area contributed by atoms with Crippen LogP contribution in [-0.2, 0) is 73.8 Å². The molecule has 4 aromatic rings. The molecular weight excluding hydrogens is 801 g/mol. The van der Waals surface area contributed by atoms with Crippen LogP contribution in [0.25, 0.3) is 22.3 Å². The summed E-state index contributed by atoms with van der Waals surface area (Å²) < 4.78 is 82.1. The molecule has 0 fully saturated rings. The molecule has 0 aliphatic carbocycles. The molecule has 0 bridgehead atoms. The highest BCUT2D eigenvalue weighted by molar-refractivity contribution is 5.82. The zero-order valence-electron chi connectivity index (χ0n) is 36.8. The first-order valence-corrected chi connectivity index (χ1v) is 21.1. The van der Waals surface area contributed by atoms with Crippen molar-refractivity contribution in [2.45, 2.75) is 26.4 Å². The summed E-state index contributed by atoms with van der Waals surface area (Å²) in [5.41, 5.74) is 7.40. The van der Waals surface area contributed by atoms with Crippen molar-refractivity contribution >= 4 is 0 Å². The normalized spacial score (nSPS) is 17.4. The Kier molecular flexibility index (Phi) is 22.9. The molecule has 0 aromatic heterocycles. The van der Waals surface area contributed by atoms with Crippen molar-refractivity contribution < 1.29 is 66.3 Å². The van der Waals surface area contributed by atoms with E-state index in [1.54, 1.807) is 28.4 Å². The summed E-state index contributed by atoms with van der Waals surface area (Å²) in [7, 11) is 6.64. The third-order valence-corrected chi connectivity index (χ3v) is 9.84. The topological polar surface area (TPSA) is 129 Å². The van der Waals surface area contributed by atoms with Crippen molar-refractivity contribution in [2.24, 2.45) is 0 Å². The molecule has 4 aromatic carbocycles. The second-order valence-electron chi connectivity index (χ2n) is 13.9. The minimum atomic E-state index is 0.353. The highest BCUT2D eigenvalue weighted by Gasteiger charge is 2.21. The van der Waals surface area contributed by atoms with Gasteiger partial charge in [0.15, 0.2) is 0 Å². The highest BCUT2D eigenvalue weighted by atomic mass is 16.6. The zero-order chi connectivity index (χ0) is 43.5. The van der Waals surface area contributed by atoms with Gasteiger partial charge in [0, 0.05) is 22.3 Å². The summed E-state index contributed by atoms with van der Waals surface area (Å²) in [6.45, 7) is 8.30. The second kappa shape index (κ2) is 29.1. The maximum absolute atomic E-state index is 6.08. The van der Waals surface area contributed by atoms with Gasteiger partial charge in [-0.3, -0.25) is 0 Å². The molecule has 14 heteroatoms. The van der Waals surface area contributed by atoms with E-state index in [0.717, 1.165) is 44.5 Å². The predicted molar refractivity (Wildman–Crippen MR) is 234 cm³/mol. The van der Waals surface area contributed by atoms with Crippen LogP contribution in [0, 0.1) is 0 Å². The Morgan fingerprint density at radius 3 is 0.613 bits per heavy atom. The van der Waals surface area contributed by atoms with Gasteiger partial charge in [-0.15, -0.1) is 0 Å². The molecule has 340 valence electrons. The molecule has 0 saturated carbocycles. The van der Waals surface area contributed by atoms with Gasteiger partial charge in [-0.1, -0.05) is 48.5 Å². The average molecular weight is 865 g/mol. The van der Waals surface area contributed by atoms with Gasteiger partial charge in [0.05, 0.1) is 161 Å². The number of ether oxygens (including phenoxy) is 14. The SMILES string of the molecule is COc1cccc2c1-c1c(cccc1OC)COCCOCCOCCOCCOCc1cccc(OC)c1-c1c(cccc1OC)COCCOCCOCCOCCOC2. The van der Waals surface area contributed by atoms with E-state index in [9.17, 15) is 0 Å². The van der Waals surface area contributed by atoms with Crippen LogP contribution >= 0.6 is 0 Å². The first kappa shape index (κ1) is 48.7. The molecule has 0 radical (unpaired) electrons. The molecule has 62 heavy (non-hydrogen) atoms. The first-order valence-electron chi connectivity index (χ1n) is 21.1. The fraction of sp³-hybridized carbons (Fsp3) is 0.500. The summed E-state index contributed by atoms with van der Waals surface area (Å²) in [6, 6.07) is 23.7. The molecule has 0 spiro atoms. The van der Waals surface area contributed by atoms with Crippen LogP contribution in [0.4, 0.5) is 0 Å². The zero-order valence-corrected chi connectivity index (χ0v) is 36.8. The van der Waals surface area contributed by atoms with Crippen LogP contribution in [-0.4, -0.2) is 134 Å². The molecule has 0 amide bonds. The van der Waals surface area contributed by atoms with Gasteiger partial charge < -0.3 is 66.3 Å². The summed E-state index contributed by atoms with van der Waals surface area (Å²) in [5, 5.41) is 0. The van der Waals surface area contributed by atoms with Crippen molar-refractivity contribution in [3.05, 3.63) is 95.1 Å². The molecule has 1 heterocycles. The van der Waals surface area contributed by atoms with E-state index in [2.05, 4.69) is 0 Å². The Bertz CT molecular complexity index is 1590. The highest BCUT2D eigenvalue weighted by Crippen LogP contribution is 2.43. The summed E-state index contributed by atoms with van der Waals surface area (Å²) in [5.74, 6) is 2.85. The number of methoxy groups -OCH3 is 4. The van der Waals surface area contributed by atoms with E-state index in [1.165, 1.54) is 0 Å². The van der Waals surface area contributed by atoms with Gasteiger partial charge in [-0.05, 0) is 46.5 Å². The number of hydrogen-bond acceptors (Lipinski definition) is 14. The van der Waals surface area contributed by atoms with E-state index in [4.69, 9.17) is 66.3 Å². The second-order valence-corrected chi connectivity index (χ2v) is 13.9. The van der Waals surface area contributed by atoms with Crippen LogP contribution in [0.5, 0.6) is 23.0 Å². The minimum absolute atomic E-state index is 0.353. The number of hydrogen-bond donors (Lipinski definition) is 0. The maximum Gasteiger partial charge on any atom is 0.127 e. The van der Waals surface area contributed by atoms with Crippen LogP contribution in [0.15, 0.2) is 72.8 Å². The van der Waals surface area contributed by atoms with Crippen molar-refractivity contribution in [3.63, 3.8) is 0 Å². The molecule has 5 rings (SSSR count). The molecule has 0 unspecified atom stereocenters. The fourth-order valence-corrected chi connectivity index (χ4v) is 6.89.